The number of hydrogen-bond acceptors (Lipinski definition) is 4. The third-order valence-electron chi connectivity index (χ3n) is 4.87. The lowest BCUT2D eigenvalue weighted by Gasteiger charge is -2.33. The zero-order chi connectivity index (χ0) is 13.5. The van der Waals surface area contributed by atoms with E-state index in [0.717, 1.165) is 25.0 Å². The highest BCUT2D eigenvalue weighted by atomic mass is 15.2. The quantitative estimate of drug-likeness (QED) is 0.691. The summed E-state index contributed by atoms with van der Waals surface area (Å²) in [6.07, 6.45) is 5.43. The van der Waals surface area contributed by atoms with E-state index in [9.17, 15) is 0 Å². The maximum Gasteiger partial charge on any atom is 0.0230 e. The molecule has 0 aromatic heterocycles. The summed E-state index contributed by atoms with van der Waals surface area (Å²) in [5, 5.41) is 7.13. The average Bonchev–Trinajstić information content (AvgIpc) is 2.42. The monoisotopic (exact) mass is 268 g/mol. The molecule has 2 aliphatic rings. The maximum atomic E-state index is 3.64. The molecule has 4 nitrogen and oxygen atoms in total. The maximum absolute atomic E-state index is 3.64. The van der Waals surface area contributed by atoms with E-state index >= 15 is 0 Å². The number of likely N-dealkylation sites (tertiary alicyclic amines) is 1. The van der Waals surface area contributed by atoms with Gasteiger partial charge in [-0.05, 0) is 71.9 Å². The van der Waals surface area contributed by atoms with Gasteiger partial charge in [0.05, 0.1) is 0 Å². The van der Waals surface area contributed by atoms with Crippen molar-refractivity contribution in [2.45, 2.75) is 31.7 Å². The van der Waals surface area contributed by atoms with E-state index in [1.807, 2.05) is 0 Å². The Balaban J connectivity index is 1.48. The van der Waals surface area contributed by atoms with Crippen LogP contribution in [0.15, 0.2) is 0 Å². The van der Waals surface area contributed by atoms with Crippen molar-refractivity contribution in [2.24, 2.45) is 5.92 Å². The van der Waals surface area contributed by atoms with Gasteiger partial charge in [-0.2, -0.15) is 0 Å². The summed E-state index contributed by atoms with van der Waals surface area (Å²) in [6, 6.07) is 0.726. The van der Waals surface area contributed by atoms with E-state index in [4.69, 9.17) is 0 Å². The standard InChI is InChI=1S/C15H32N4/c1-18-10-5-14(6-11-18)3-7-16-8-4-15-13-17-9-12-19(15)2/h14-17H,3-13H2,1-2H3. The molecule has 0 spiro atoms. The molecule has 2 fully saturated rings. The van der Waals surface area contributed by atoms with Crippen molar-refractivity contribution in [3.63, 3.8) is 0 Å². The molecule has 0 aliphatic carbocycles. The summed E-state index contributed by atoms with van der Waals surface area (Å²) in [5.41, 5.74) is 0. The molecule has 0 aromatic rings. The van der Waals surface area contributed by atoms with Gasteiger partial charge >= 0.3 is 0 Å². The van der Waals surface area contributed by atoms with Crippen LogP contribution < -0.4 is 10.6 Å². The van der Waals surface area contributed by atoms with Crippen molar-refractivity contribution < 1.29 is 0 Å². The van der Waals surface area contributed by atoms with Crippen LogP contribution in [0, 0.1) is 5.92 Å². The van der Waals surface area contributed by atoms with Gasteiger partial charge in [0.1, 0.15) is 0 Å². The fraction of sp³-hybridized carbons (Fsp3) is 1.00. The van der Waals surface area contributed by atoms with Crippen molar-refractivity contribution in [2.75, 3.05) is 59.9 Å². The van der Waals surface area contributed by atoms with Crippen molar-refractivity contribution in [1.82, 2.24) is 20.4 Å². The summed E-state index contributed by atoms with van der Waals surface area (Å²) in [6.45, 7) is 8.47. The van der Waals surface area contributed by atoms with Crippen LogP contribution in [0.25, 0.3) is 0 Å². The Hall–Kier alpha value is -0.160. The predicted molar refractivity (Wildman–Crippen MR) is 81.6 cm³/mol. The van der Waals surface area contributed by atoms with Crippen LogP contribution in [0.1, 0.15) is 25.7 Å². The molecule has 0 amide bonds. The van der Waals surface area contributed by atoms with E-state index in [2.05, 4.69) is 34.5 Å². The molecule has 0 radical (unpaired) electrons. The first-order valence-electron chi connectivity index (χ1n) is 8.06. The SMILES string of the molecule is CN1CCC(CCNCCC2CNCCN2C)CC1. The molecular weight excluding hydrogens is 236 g/mol. The smallest absolute Gasteiger partial charge is 0.0230 e. The Kier molecular flexibility index (Phi) is 6.57. The summed E-state index contributed by atoms with van der Waals surface area (Å²) < 4.78 is 0. The van der Waals surface area contributed by atoms with E-state index in [1.165, 1.54) is 58.4 Å². The molecular formula is C15H32N4. The minimum absolute atomic E-state index is 0.726. The second kappa shape index (κ2) is 8.20. The van der Waals surface area contributed by atoms with Gasteiger partial charge in [0.25, 0.3) is 0 Å². The second-order valence-electron chi connectivity index (χ2n) is 6.41. The highest BCUT2D eigenvalue weighted by Gasteiger charge is 2.18. The van der Waals surface area contributed by atoms with Crippen LogP contribution in [-0.4, -0.2) is 75.8 Å². The molecule has 0 saturated carbocycles. The van der Waals surface area contributed by atoms with Crippen LogP contribution in [0.2, 0.25) is 0 Å². The van der Waals surface area contributed by atoms with Crippen molar-refractivity contribution in [1.29, 1.82) is 0 Å². The minimum Gasteiger partial charge on any atom is -0.317 e. The Morgan fingerprint density at radius 3 is 2.53 bits per heavy atom. The summed E-state index contributed by atoms with van der Waals surface area (Å²) >= 11 is 0. The van der Waals surface area contributed by atoms with Crippen LogP contribution in [0.5, 0.6) is 0 Å². The normalized spacial score (nSPS) is 27.8. The molecule has 2 rings (SSSR count). The lowest BCUT2D eigenvalue weighted by Crippen LogP contribution is -2.50. The van der Waals surface area contributed by atoms with Gasteiger partial charge in [-0.25, -0.2) is 0 Å². The van der Waals surface area contributed by atoms with Crippen molar-refractivity contribution in [3.8, 4) is 0 Å². The van der Waals surface area contributed by atoms with Crippen molar-refractivity contribution in [3.05, 3.63) is 0 Å². The summed E-state index contributed by atoms with van der Waals surface area (Å²) in [7, 11) is 4.49. The molecule has 2 aliphatic heterocycles. The molecule has 1 atom stereocenters. The molecule has 0 aromatic carbocycles. The van der Waals surface area contributed by atoms with Gasteiger partial charge in [-0.1, -0.05) is 0 Å². The Morgan fingerprint density at radius 1 is 1.05 bits per heavy atom. The number of hydrogen-bond donors (Lipinski definition) is 2. The number of rotatable bonds is 6. The van der Waals surface area contributed by atoms with Crippen LogP contribution >= 0.6 is 0 Å². The number of piperazine rings is 1. The number of likely N-dealkylation sites (N-methyl/N-ethyl adjacent to an activating group) is 1. The molecule has 0 bridgehead atoms. The van der Waals surface area contributed by atoms with Gasteiger partial charge in [0.15, 0.2) is 0 Å². The van der Waals surface area contributed by atoms with E-state index < -0.39 is 0 Å². The third-order valence-corrected chi connectivity index (χ3v) is 4.87. The van der Waals surface area contributed by atoms with Gasteiger partial charge in [-0.15, -0.1) is 0 Å². The van der Waals surface area contributed by atoms with Crippen LogP contribution in [0.4, 0.5) is 0 Å². The Morgan fingerprint density at radius 2 is 1.79 bits per heavy atom. The minimum atomic E-state index is 0.726. The number of piperidine rings is 1. The number of nitrogens with one attached hydrogen (secondary N) is 2. The Bertz CT molecular complexity index is 238. The number of nitrogens with zero attached hydrogens (tertiary/aromatic N) is 2. The lowest BCUT2D eigenvalue weighted by molar-refractivity contribution is 0.188. The molecule has 2 N–H and O–H groups in total. The highest BCUT2D eigenvalue weighted by molar-refractivity contribution is 4.78. The highest BCUT2D eigenvalue weighted by Crippen LogP contribution is 2.18. The van der Waals surface area contributed by atoms with E-state index in [0.29, 0.717) is 0 Å². The van der Waals surface area contributed by atoms with Gasteiger partial charge in [-0.3, -0.25) is 0 Å². The molecule has 19 heavy (non-hydrogen) atoms. The summed E-state index contributed by atoms with van der Waals surface area (Å²) in [4.78, 5) is 4.95. The zero-order valence-electron chi connectivity index (χ0n) is 12.8. The van der Waals surface area contributed by atoms with E-state index in [1.54, 1.807) is 0 Å². The van der Waals surface area contributed by atoms with Crippen molar-refractivity contribution >= 4 is 0 Å². The first-order chi connectivity index (χ1) is 9.25. The molecule has 2 saturated heterocycles. The largest absolute Gasteiger partial charge is 0.317 e. The van der Waals surface area contributed by atoms with Gasteiger partial charge in [0, 0.05) is 25.7 Å². The predicted octanol–water partition coefficient (Wildman–Crippen LogP) is 0.602. The molecule has 4 heteroatoms. The fourth-order valence-electron chi connectivity index (χ4n) is 3.24. The van der Waals surface area contributed by atoms with Gasteiger partial charge in [0.2, 0.25) is 0 Å². The Labute approximate surface area is 118 Å². The first kappa shape index (κ1) is 15.2. The second-order valence-corrected chi connectivity index (χ2v) is 6.41. The van der Waals surface area contributed by atoms with Crippen LogP contribution in [0.3, 0.4) is 0 Å². The fourth-order valence-corrected chi connectivity index (χ4v) is 3.24. The van der Waals surface area contributed by atoms with Gasteiger partial charge < -0.3 is 20.4 Å². The molecule has 1 unspecified atom stereocenters. The summed E-state index contributed by atoms with van der Waals surface area (Å²) in [5.74, 6) is 0.961. The van der Waals surface area contributed by atoms with Crippen LogP contribution in [-0.2, 0) is 0 Å². The lowest BCUT2D eigenvalue weighted by atomic mass is 9.94. The topological polar surface area (TPSA) is 30.5 Å². The molecule has 112 valence electrons. The van der Waals surface area contributed by atoms with E-state index in [-0.39, 0.29) is 0 Å². The average molecular weight is 268 g/mol. The zero-order valence-corrected chi connectivity index (χ0v) is 12.8. The first-order valence-corrected chi connectivity index (χ1v) is 8.06. The third kappa shape index (κ3) is 5.38. The molecule has 2 heterocycles.